The Balaban J connectivity index is 1.16. The third-order valence-electron chi connectivity index (χ3n) is 9.63. The molecule has 1 aliphatic carbocycles. The molecule has 6 nitrogen and oxygen atoms in total. The minimum atomic E-state index is -0.617. The van der Waals surface area contributed by atoms with E-state index in [4.69, 9.17) is 4.98 Å². The molecule has 2 saturated heterocycles. The van der Waals surface area contributed by atoms with Crippen molar-refractivity contribution in [3.63, 3.8) is 0 Å². The molecule has 3 aromatic rings. The van der Waals surface area contributed by atoms with E-state index >= 15 is 0 Å². The lowest BCUT2D eigenvalue weighted by molar-refractivity contribution is -0.145. The average molecular weight is 515 g/mol. The predicted molar refractivity (Wildman–Crippen MR) is 151 cm³/mol. The second-order valence-corrected chi connectivity index (χ2v) is 12.0. The number of aryl methyl sites for hydroxylation is 1. The van der Waals surface area contributed by atoms with Crippen LogP contribution in [-0.4, -0.2) is 69.2 Å². The molecule has 0 bridgehead atoms. The number of carbonyl (C=O) groups is 1. The number of rotatable bonds is 7. The Hall–Kier alpha value is -2.70. The van der Waals surface area contributed by atoms with Crippen molar-refractivity contribution in [2.75, 3.05) is 32.7 Å². The van der Waals surface area contributed by atoms with Crippen molar-refractivity contribution < 1.29 is 9.90 Å². The van der Waals surface area contributed by atoms with Crippen LogP contribution < -0.4 is 0 Å². The summed E-state index contributed by atoms with van der Waals surface area (Å²) < 4.78 is 2.46. The van der Waals surface area contributed by atoms with Gasteiger partial charge < -0.3 is 14.6 Å². The number of fused-ring (bicyclic) bond motifs is 1. The number of aliphatic carboxylic acids is 1. The van der Waals surface area contributed by atoms with Gasteiger partial charge in [0.2, 0.25) is 0 Å². The van der Waals surface area contributed by atoms with Gasteiger partial charge in [0.15, 0.2) is 0 Å². The van der Waals surface area contributed by atoms with Crippen LogP contribution in [0, 0.1) is 18.8 Å². The Labute approximate surface area is 226 Å². The van der Waals surface area contributed by atoms with E-state index in [-0.39, 0.29) is 6.04 Å². The highest BCUT2D eigenvalue weighted by atomic mass is 16.4. The van der Waals surface area contributed by atoms with Crippen LogP contribution in [-0.2, 0) is 4.79 Å². The van der Waals surface area contributed by atoms with E-state index in [0.29, 0.717) is 23.8 Å². The van der Waals surface area contributed by atoms with E-state index < -0.39 is 5.97 Å². The summed E-state index contributed by atoms with van der Waals surface area (Å²) in [5, 5.41) is 10.3. The predicted octanol–water partition coefficient (Wildman–Crippen LogP) is 5.73. The smallest absolute Gasteiger partial charge is 0.321 e. The molecule has 0 spiro atoms. The van der Waals surface area contributed by atoms with Crippen LogP contribution in [0.25, 0.3) is 11.0 Å². The van der Waals surface area contributed by atoms with Crippen molar-refractivity contribution in [3.05, 3.63) is 66.0 Å². The van der Waals surface area contributed by atoms with Crippen molar-refractivity contribution in [1.29, 1.82) is 0 Å². The molecule has 2 aliphatic heterocycles. The maximum atomic E-state index is 12.5. The zero-order valence-corrected chi connectivity index (χ0v) is 22.7. The summed E-state index contributed by atoms with van der Waals surface area (Å²) in [6.45, 7) is 7.09. The molecule has 3 unspecified atom stereocenters. The maximum absolute atomic E-state index is 12.5. The molecule has 1 N–H and O–H groups in total. The Morgan fingerprint density at radius 1 is 0.947 bits per heavy atom. The molecule has 202 valence electrons. The summed E-state index contributed by atoms with van der Waals surface area (Å²) in [4.78, 5) is 22.3. The number of hydrogen-bond acceptors (Lipinski definition) is 4. The number of aromatic nitrogens is 2. The van der Waals surface area contributed by atoms with Gasteiger partial charge in [-0.05, 0) is 62.1 Å². The topological polar surface area (TPSA) is 61.6 Å². The number of carboxylic acid groups (broad SMARTS) is 1. The SMILES string of the molecule is Cc1nc2ccccc2n1C1CCN(CC2CN(C(C(=O)O)C3CCCCC3)CC2c2ccccc2)CC1. The minimum Gasteiger partial charge on any atom is -0.480 e. The van der Waals surface area contributed by atoms with Crippen LogP contribution in [0.2, 0.25) is 0 Å². The molecule has 3 fully saturated rings. The normalized spacial score (nSPS) is 25.2. The van der Waals surface area contributed by atoms with Gasteiger partial charge in [0.25, 0.3) is 0 Å². The number of carboxylic acids is 1. The molecule has 3 aliphatic rings. The van der Waals surface area contributed by atoms with Gasteiger partial charge in [-0.1, -0.05) is 61.7 Å². The number of likely N-dealkylation sites (tertiary alicyclic amines) is 2. The van der Waals surface area contributed by atoms with Crippen LogP contribution in [0.4, 0.5) is 0 Å². The van der Waals surface area contributed by atoms with Gasteiger partial charge in [0.05, 0.1) is 11.0 Å². The zero-order chi connectivity index (χ0) is 26.1. The van der Waals surface area contributed by atoms with E-state index in [1.807, 2.05) is 0 Å². The average Bonchev–Trinajstić information content (AvgIpc) is 3.50. The van der Waals surface area contributed by atoms with Gasteiger partial charge in [0.1, 0.15) is 11.9 Å². The van der Waals surface area contributed by atoms with Gasteiger partial charge in [-0.2, -0.15) is 0 Å². The Bertz CT molecular complexity index is 1230. The molecule has 0 radical (unpaired) electrons. The third kappa shape index (κ3) is 5.13. The molecular weight excluding hydrogens is 472 g/mol. The van der Waals surface area contributed by atoms with Crippen molar-refractivity contribution >= 4 is 17.0 Å². The second kappa shape index (κ2) is 11.2. The molecule has 3 heterocycles. The molecule has 1 aromatic heterocycles. The first kappa shape index (κ1) is 25.6. The van der Waals surface area contributed by atoms with Crippen LogP contribution in [0.3, 0.4) is 0 Å². The Kier molecular flexibility index (Phi) is 7.53. The van der Waals surface area contributed by atoms with Crippen molar-refractivity contribution in [2.45, 2.75) is 69.9 Å². The molecular formula is C32H42N4O2. The zero-order valence-electron chi connectivity index (χ0n) is 22.7. The highest BCUT2D eigenvalue weighted by Gasteiger charge is 2.43. The van der Waals surface area contributed by atoms with Crippen molar-refractivity contribution in [3.8, 4) is 0 Å². The molecule has 38 heavy (non-hydrogen) atoms. The Morgan fingerprint density at radius 3 is 2.39 bits per heavy atom. The molecule has 3 atom stereocenters. The van der Waals surface area contributed by atoms with Crippen LogP contribution in [0.15, 0.2) is 54.6 Å². The first-order valence-electron chi connectivity index (χ1n) is 14.8. The number of benzene rings is 2. The first-order valence-corrected chi connectivity index (χ1v) is 14.8. The van der Waals surface area contributed by atoms with Crippen LogP contribution >= 0.6 is 0 Å². The third-order valence-corrected chi connectivity index (χ3v) is 9.63. The quantitative estimate of drug-likeness (QED) is 0.436. The van der Waals surface area contributed by atoms with Gasteiger partial charge in [-0.25, -0.2) is 4.98 Å². The van der Waals surface area contributed by atoms with E-state index in [0.717, 1.165) is 69.7 Å². The molecule has 1 saturated carbocycles. The van der Waals surface area contributed by atoms with E-state index in [1.165, 1.54) is 30.3 Å². The summed E-state index contributed by atoms with van der Waals surface area (Å²) in [7, 11) is 0. The van der Waals surface area contributed by atoms with Crippen LogP contribution in [0.1, 0.15) is 68.3 Å². The Morgan fingerprint density at radius 2 is 1.66 bits per heavy atom. The number of imidazole rings is 1. The lowest BCUT2D eigenvalue weighted by Crippen LogP contribution is -2.46. The number of nitrogens with zero attached hydrogens (tertiary/aromatic N) is 4. The fourth-order valence-corrected chi connectivity index (χ4v) is 7.82. The lowest BCUT2D eigenvalue weighted by Gasteiger charge is -2.36. The van der Waals surface area contributed by atoms with Gasteiger partial charge in [-0.15, -0.1) is 0 Å². The molecule has 2 aromatic carbocycles. The summed E-state index contributed by atoms with van der Waals surface area (Å²) in [5.74, 6) is 1.63. The lowest BCUT2D eigenvalue weighted by atomic mass is 9.83. The van der Waals surface area contributed by atoms with E-state index in [1.54, 1.807) is 0 Å². The monoisotopic (exact) mass is 514 g/mol. The largest absolute Gasteiger partial charge is 0.480 e. The van der Waals surface area contributed by atoms with E-state index in [2.05, 4.69) is 75.9 Å². The summed E-state index contributed by atoms with van der Waals surface area (Å²) in [5.41, 5.74) is 3.71. The number of para-hydroxylation sites is 2. The van der Waals surface area contributed by atoms with Crippen molar-refractivity contribution in [2.24, 2.45) is 11.8 Å². The maximum Gasteiger partial charge on any atom is 0.321 e. The van der Waals surface area contributed by atoms with Gasteiger partial charge in [-0.3, -0.25) is 9.69 Å². The summed E-state index contributed by atoms with van der Waals surface area (Å²) in [6.07, 6.45) is 7.99. The number of hydrogen-bond donors (Lipinski definition) is 1. The molecule has 0 amide bonds. The standard InChI is InChI=1S/C32H42N4O2/c1-23-33-29-14-8-9-15-30(29)36(23)27-16-18-34(19-17-27)20-26-21-35(22-28(26)24-10-4-2-5-11-24)31(32(37)38)25-12-6-3-7-13-25/h2,4-5,8-11,14-15,25-28,31H,3,6-7,12-13,16-22H2,1H3,(H,37,38). The van der Waals surface area contributed by atoms with E-state index in [9.17, 15) is 9.90 Å². The highest BCUT2D eigenvalue weighted by Crippen LogP contribution is 2.39. The highest BCUT2D eigenvalue weighted by molar-refractivity contribution is 5.76. The molecule has 6 rings (SSSR count). The second-order valence-electron chi connectivity index (χ2n) is 12.0. The van der Waals surface area contributed by atoms with Crippen LogP contribution in [0.5, 0.6) is 0 Å². The minimum absolute atomic E-state index is 0.292. The summed E-state index contributed by atoms with van der Waals surface area (Å²) in [6, 6.07) is 19.5. The fourth-order valence-electron chi connectivity index (χ4n) is 7.82. The summed E-state index contributed by atoms with van der Waals surface area (Å²) >= 11 is 0. The van der Waals surface area contributed by atoms with Gasteiger partial charge >= 0.3 is 5.97 Å². The fraction of sp³-hybridized carbons (Fsp3) is 0.562. The van der Waals surface area contributed by atoms with Gasteiger partial charge in [0, 0.05) is 44.7 Å². The van der Waals surface area contributed by atoms with Crippen molar-refractivity contribution in [1.82, 2.24) is 19.4 Å². The first-order chi connectivity index (χ1) is 18.6. The number of piperidine rings is 1. The molecule has 6 heteroatoms.